The molecule has 9 heteroatoms. The zero-order valence-electron chi connectivity index (χ0n) is 15.1. The standard InChI is InChI=1S/C19H18ClN5O3/c1-3-16(26)22-13-6-4-12(5-7-13)18(27)25-9-8-14(11-25)23-19-21-10-15(20)17(24-19)28-2/h1,4-7,10,14H,8-9,11H2,2H3,(H,22,26)(H,21,23,24). The van der Waals surface area contributed by atoms with Crippen LogP contribution in [0.25, 0.3) is 0 Å². The molecule has 28 heavy (non-hydrogen) atoms. The summed E-state index contributed by atoms with van der Waals surface area (Å²) in [6.07, 6.45) is 7.25. The number of likely N-dealkylation sites (tertiary alicyclic amines) is 1. The number of nitrogens with one attached hydrogen (secondary N) is 2. The lowest BCUT2D eigenvalue weighted by Crippen LogP contribution is -2.31. The molecule has 0 radical (unpaired) electrons. The molecular weight excluding hydrogens is 382 g/mol. The zero-order valence-corrected chi connectivity index (χ0v) is 15.9. The van der Waals surface area contributed by atoms with Crippen LogP contribution in [0.15, 0.2) is 30.5 Å². The summed E-state index contributed by atoms with van der Waals surface area (Å²) in [4.78, 5) is 34.0. The number of ether oxygens (including phenoxy) is 1. The van der Waals surface area contributed by atoms with Crippen molar-refractivity contribution in [3.05, 3.63) is 41.0 Å². The number of terminal acetylenes is 1. The highest BCUT2D eigenvalue weighted by Gasteiger charge is 2.27. The molecule has 1 aromatic heterocycles. The Morgan fingerprint density at radius 1 is 1.36 bits per heavy atom. The number of nitrogens with zero attached hydrogens (tertiary/aromatic N) is 3. The van der Waals surface area contributed by atoms with Gasteiger partial charge in [0.05, 0.1) is 13.3 Å². The molecule has 3 rings (SSSR count). The Morgan fingerprint density at radius 3 is 2.79 bits per heavy atom. The van der Waals surface area contributed by atoms with Crippen LogP contribution in [0.2, 0.25) is 5.02 Å². The molecule has 2 heterocycles. The van der Waals surface area contributed by atoms with Gasteiger partial charge in [-0.05, 0) is 36.6 Å². The third kappa shape index (κ3) is 4.50. The lowest BCUT2D eigenvalue weighted by molar-refractivity contribution is -0.111. The van der Waals surface area contributed by atoms with E-state index in [1.54, 1.807) is 29.2 Å². The molecule has 2 aromatic rings. The molecule has 1 saturated heterocycles. The van der Waals surface area contributed by atoms with E-state index in [0.29, 0.717) is 41.2 Å². The number of carbonyl (C=O) groups excluding carboxylic acids is 2. The SMILES string of the molecule is C#CC(=O)Nc1ccc(C(=O)N2CCC(Nc3ncc(Cl)c(OC)n3)C2)cc1. The number of hydrogen-bond donors (Lipinski definition) is 2. The van der Waals surface area contributed by atoms with Crippen LogP contribution < -0.4 is 15.4 Å². The maximum atomic E-state index is 12.7. The van der Waals surface area contributed by atoms with Crippen LogP contribution in [0.4, 0.5) is 11.6 Å². The quantitative estimate of drug-likeness (QED) is 0.747. The summed E-state index contributed by atoms with van der Waals surface area (Å²) in [6.45, 7) is 1.12. The summed E-state index contributed by atoms with van der Waals surface area (Å²) in [7, 11) is 1.48. The van der Waals surface area contributed by atoms with E-state index in [-0.39, 0.29) is 11.9 Å². The van der Waals surface area contributed by atoms with Crippen molar-refractivity contribution in [1.29, 1.82) is 0 Å². The molecule has 0 aliphatic carbocycles. The Labute approximate surface area is 167 Å². The number of anilines is 2. The van der Waals surface area contributed by atoms with Crippen LogP contribution in [0.5, 0.6) is 5.88 Å². The predicted molar refractivity (Wildman–Crippen MR) is 105 cm³/mol. The van der Waals surface area contributed by atoms with Crippen molar-refractivity contribution in [1.82, 2.24) is 14.9 Å². The van der Waals surface area contributed by atoms with E-state index in [1.165, 1.54) is 13.3 Å². The molecule has 2 amide bonds. The molecule has 1 aromatic carbocycles. The number of aromatic nitrogens is 2. The van der Waals surface area contributed by atoms with Crippen molar-refractivity contribution in [2.75, 3.05) is 30.8 Å². The maximum Gasteiger partial charge on any atom is 0.300 e. The van der Waals surface area contributed by atoms with Gasteiger partial charge in [0.15, 0.2) is 0 Å². The third-order valence-electron chi connectivity index (χ3n) is 4.23. The first-order valence-corrected chi connectivity index (χ1v) is 8.88. The summed E-state index contributed by atoms with van der Waals surface area (Å²) in [6, 6.07) is 6.61. The van der Waals surface area contributed by atoms with E-state index in [4.69, 9.17) is 22.8 Å². The number of rotatable bonds is 5. The number of carbonyl (C=O) groups is 2. The minimum Gasteiger partial charge on any atom is -0.480 e. The fourth-order valence-electron chi connectivity index (χ4n) is 2.86. The van der Waals surface area contributed by atoms with E-state index >= 15 is 0 Å². The van der Waals surface area contributed by atoms with Crippen LogP contribution in [-0.4, -0.2) is 52.9 Å². The fourth-order valence-corrected chi connectivity index (χ4v) is 3.02. The van der Waals surface area contributed by atoms with Gasteiger partial charge >= 0.3 is 0 Å². The molecule has 8 nitrogen and oxygen atoms in total. The largest absolute Gasteiger partial charge is 0.480 e. The molecule has 144 valence electrons. The van der Waals surface area contributed by atoms with E-state index in [1.807, 2.05) is 5.92 Å². The first-order valence-electron chi connectivity index (χ1n) is 8.50. The highest BCUT2D eigenvalue weighted by Crippen LogP contribution is 2.23. The molecule has 1 aliphatic rings. The van der Waals surface area contributed by atoms with Gasteiger partial charge in [-0.1, -0.05) is 11.6 Å². The van der Waals surface area contributed by atoms with Crippen LogP contribution in [-0.2, 0) is 4.79 Å². The van der Waals surface area contributed by atoms with Gasteiger partial charge in [-0.25, -0.2) is 4.98 Å². The number of amides is 2. The number of hydrogen-bond acceptors (Lipinski definition) is 6. The molecule has 0 bridgehead atoms. The molecule has 1 fully saturated rings. The van der Waals surface area contributed by atoms with Gasteiger partial charge in [-0.2, -0.15) is 4.98 Å². The summed E-state index contributed by atoms with van der Waals surface area (Å²) < 4.78 is 5.08. The zero-order chi connectivity index (χ0) is 20.1. The lowest BCUT2D eigenvalue weighted by Gasteiger charge is -2.17. The molecule has 1 aliphatic heterocycles. The Morgan fingerprint density at radius 2 is 2.11 bits per heavy atom. The molecule has 0 saturated carbocycles. The average Bonchev–Trinajstić information content (AvgIpc) is 3.17. The smallest absolute Gasteiger partial charge is 0.300 e. The Kier molecular flexibility index (Phi) is 5.96. The second-order valence-electron chi connectivity index (χ2n) is 6.11. The van der Waals surface area contributed by atoms with Crippen LogP contribution in [0, 0.1) is 12.3 Å². The van der Waals surface area contributed by atoms with Crippen LogP contribution >= 0.6 is 11.6 Å². The van der Waals surface area contributed by atoms with Crippen molar-refractivity contribution < 1.29 is 14.3 Å². The summed E-state index contributed by atoms with van der Waals surface area (Å²) in [5.41, 5.74) is 1.07. The van der Waals surface area contributed by atoms with Gasteiger partial charge in [-0.15, -0.1) is 6.42 Å². The molecule has 0 spiro atoms. The first kappa shape index (κ1) is 19.5. The molecule has 2 N–H and O–H groups in total. The van der Waals surface area contributed by atoms with Crippen molar-refractivity contribution >= 4 is 35.1 Å². The van der Waals surface area contributed by atoms with Crippen molar-refractivity contribution in [2.45, 2.75) is 12.5 Å². The van der Waals surface area contributed by atoms with Crippen molar-refractivity contribution in [2.24, 2.45) is 0 Å². The lowest BCUT2D eigenvalue weighted by atomic mass is 10.2. The highest BCUT2D eigenvalue weighted by molar-refractivity contribution is 6.31. The van der Waals surface area contributed by atoms with Crippen LogP contribution in [0.1, 0.15) is 16.8 Å². The van der Waals surface area contributed by atoms with Gasteiger partial charge < -0.3 is 20.3 Å². The highest BCUT2D eigenvalue weighted by atomic mass is 35.5. The predicted octanol–water partition coefficient (Wildman–Crippen LogP) is 2.04. The molecule has 1 atom stereocenters. The number of halogens is 1. The minimum atomic E-state index is -0.534. The van der Waals surface area contributed by atoms with E-state index < -0.39 is 5.91 Å². The second-order valence-corrected chi connectivity index (χ2v) is 6.51. The Bertz CT molecular complexity index is 926. The monoisotopic (exact) mass is 399 g/mol. The van der Waals surface area contributed by atoms with Crippen molar-refractivity contribution in [3.63, 3.8) is 0 Å². The minimum absolute atomic E-state index is 0.0176. The summed E-state index contributed by atoms with van der Waals surface area (Å²) in [5.74, 6) is 2.04. The van der Waals surface area contributed by atoms with E-state index in [9.17, 15) is 9.59 Å². The molecule has 1 unspecified atom stereocenters. The van der Waals surface area contributed by atoms with Crippen molar-refractivity contribution in [3.8, 4) is 18.2 Å². The number of methoxy groups -OCH3 is 1. The number of benzene rings is 1. The van der Waals surface area contributed by atoms with Gasteiger partial charge in [0.25, 0.3) is 11.8 Å². The second kappa shape index (κ2) is 8.59. The van der Waals surface area contributed by atoms with Crippen LogP contribution in [0.3, 0.4) is 0 Å². The van der Waals surface area contributed by atoms with Gasteiger partial charge in [0.2, 0.25) is 11.8 Å². The van der Waals surface area contributed by atoms with Gasteiger partial charge in [0.1, 0.15) is 5.02 Å². The summed E-state index contributed by atoms with van der Waals surface area (Å²) in [5, 5.41) is 6.06. The average molecular weight is 400 g/mol. The first-order chi connectivity index (χ1) is 13.5. The summed E-state index contributed by atoms with van der Waals surface area (Å²) >= 11 is 5.93. The molecular formula is C19H18ClN5O3. The maximum absolute atomic E-state index is 12.7. The Balaban J connectivity index is 1.59. The van der Waals surface area contributed by atoms with E-state index in [2.05, 4.69) is 20.6 Å². The van der Waals surface area contributed by atoms with E-state index in [0.717, 1.165) is 6.42 Å². The van der Waals surface area contributed by atoms with Gasteiger partial charge in [-0.3, -0.25) is 9.59 Å². The Hall–Kier alpha value is -3.31. The normalized spacial score (nSPS) is 15.6. The van der Waals surface area contributed by atoms with Gasteiger partial charge in [0, 0.05) is 30.4 Å². The topological polar surface area (TPSA) is 96.5 Å². The third-order valence-corrected chi connectivity index (χ3v) is 4.49. The fraction of sp³-hybridized carbons (Fsp3) is 0.263.